The van der Waals surface area contributed by atoms with Crippen LogP contribution < -0.4 is 0 Å². The van der Waals surface area contributed by atoms with E-state index in [4.69, 9.17) is 5.11 Å². The molecule has 1 rings (SSSR count). The lowest BCUT2D eigenvalue weighted by atomic mass is 10.2. The van der Waals surface area contributed by atoms with E-state index in [0.29, 0.717) is 0 Å². The van der Waals surface area contributed by atoms with E-state index in [2.05, 4.69) is 4.98 Å². The summed E-state index contributed by atoms with van der Waals surface area (Å²) in [6.07, 6.45) is -7.11. The van der Waals surface area contributed by atoms with Crippen molar-refractivity contribution < 1.29 is 18.3 Å². The van der Waals surface area contributed by atoms with Crippen molar-refractivity contribution in [3.8, 4) is 0 Å². The Morgan fingerprint density at radius 1 is 1.58 bits per heavy atom. The Labute approximate surface area is 70.7 Å². The van der Waals surface area contributed by atoms with Crippen LogP contribution in [0, 0.1) is 0 Å². The van der Waals surface area contributed by atoms with Gasteiger partial charge in [0, 0.05) is 5.38 Å². The highest BCUT2D eigenvalue weighted by molar-refractivity contribution is 7.07. The molecule has 1 aromatic heterocycles. The lowest BCUT2D eigenvalue weighted by Crippen LogP contribution is -2.13. The van der Waals surface area contributed by atoms with Crippen molar-refractivity contribution in [3.63, 3.8) is 0 Å². The summed E-state index contributed by atoms with van der Waals surface area (Å²) in [6, 6.07) is 0. The van der Waals surface area contributed by atoms with Gasteiger partial charge in [-0.1, -0.05) is 0 Å². The third-order valence-electron chi connectivity index (χ3n) is 1.22. The highest BCUT2D eigenvalue weighted by Gasteiger charge is 2.32. The van der Waals surface area contributed by atoms with E-state index in [-0.39, 0.29) is 5.69 Å². The van der Waals surface area contributed by atoms with Crippen molar-refractivity contribution in [2.45, 2.75) is 18.7 Å². The van der Waals surface area contributed by atoms with Gasteiger partial charge in [-0.25, -0.2) is 4.98 Å². The molecule has 2 nitrogen and oxygen atoms in total. The summed E-state index contributed by atoms with van der Waals surface area (Å²) < 4.78 is 35.1. The van der Waals surface area contributed by atoms with Crippen LogP contribution in [0.2, 0.25) is 0 Å². The average molecular weight is 197 g/mol. The predicted molar refractivity (Wildman–Crippen MR) is 37.7 cm³/mol. The van der Waals surface area contributed by atoms with E-state index < -0.39 is 18.7 Å². The second-order valence-corrected chi connectivity index (χ2v) is 2.97. The molecule has 1 heterocycles. The van der Waals surface area contributed by atoms with Crippen LogP contribution in [-0.4, -0.2) is 16.3 Å². The summed E-state index contributed by atoms with van der Waals surface area (Å²) in [6.45, 7) is 0. The van der Waals surface area contributed by atoms with Crippen LogP contribution in [0.1, 0.15) is 18.2 Å². The molecule has 0 aliphatic heterocycles. The second kappa shape index (κ2) is 3.40. The largest absolute Gasteiger partial charge is 0.391 e. The van der Waals surface area contributed by atoms with Gasteiger partial charge < -0.3 is 5.11 Å². The summed E-state index contributed by atoms with van der Waals surface area (Å²) in [5.74, 6) is 0. The summed E-state index contributed by atoms with van der Waals surface area (Å²) >= 11 is 1.16. The number of aliphatic hydroxyl groups excluding tert-OH is 1. The number of aromatic nitrogens is 1. The zero-order valence-electron chi connectivity index (χ0n) is 5.88. The maximum Gasteiger partial charge on any atom is 0.391 e. The molecule has 0 saturated heterocycles. The second-order valence-electron chi connectivity index (χ2n) is 2.25. The standard InChI is InChI=1S/C6H6F3NOS/c7-6(8,9)1-5(11)4-2-12-3-10-4/h2-3,5,11H,1H2. The molecule has 0 fully saturated rings. The van der Waals surface area contributed by atoms with Crippen LogP contribution in [0.5, 0.6) is 0 Å². The van der Waals surface area contributed by atoms with Crippen LogP contribution in [0.15, 0.2) is 10.9 Å². The number of hydrogen-bond acceptors (Lipinski definition) is 3. The van der Waals surface area contributed by atoms with E-state index in [9.17, 15) is 13.2 Å². The van der Waals surface area contributed by atoms with Gasteiger partial charge in [-0.05, 0) is 0 Å². The number of halogens is 3. The van der Waals surface area contributed by atoms with Crippen LogP contribution in [0.3, 0.4) is 0 Å². The van der Waals surface area contributed by atoms with Gasteiger partial charge in [-0.3, -0.25) is 0 Å². The molecule has 68 valence electrons. The molecule has 12 heavy (non-hydrogen) atoms. The van der Waals surface area contributed by atoms with Crippen LogP contribution in [0.4, 0.5) is 13.2 Å². The molecule has 0 saturated carbocycles. The molecule has 0 spiro atoms. The summed E-state index contributed by atoms with van der Waals surface area (Å²) in [5, 5.41) is 10.4. The molecule has 1 aromatic rings. The number of nitrogens with zero attached hydrogens (tertiary/aromatic N) is 1. The molecule has 0 aromatic carbocycles. The summed E-state index contributed by atoms with van der Waals surface area (Å²) in [4.78, 5) is 3.57. The zero-order valence-corrected chi connectivity index (χ0v) is 6.69. The molecule has 0 amide bonds. The molecule has 1 unspecified atom stereocenters. The number of alkyl halides is 3. The van der Waals surface area contributed by atoms with Gasteiger partial charge in [0.25, 0.3) is 0 Å². The van der Waals surface area contributed by atoms with Crippen molar-refractivity contribution in [1.29, 1.82) is 0 Å². The van der Waals surface area contributed by atoms with E-state index in [1.807, 2.05) is 0 Å². The van der Waals surface area contributed by atoms with Gasteiger partial charge in [-0.15, -0.1) is 11.3 Å². The topological polar surface area (TPSA) is 33.1 Å². The minimum absolute atomic E-state index is 0.0809. The minimum atomic E-state index is -4.34. The average Bonchev–Trinajstić information content (AvgIpc) is 2.32. The summed E-state index contributed by atoms with van der Waals surface area (Å²) in [5.41, 5.74) is 1.46. The first-order valence-electron chi connectivity index (χ1n) is 3.12. The molecule has 6 heteroatoms. The maximum atomic E-state index is 11.7. The number of hydrogen-bond donors (Lipinski definition) is 1. The SMILES string of the molecule is OC(CC(F)(F)F)c1cscn1. The van der Waals surface area contributed by atoms with E-state index in [1.54, 1.807) is 0 Å². The molecular weight excluding hydrogens is 191 g/mol. The van der Waals surface area contributed by atoms with Gasteiger partial charge in [0.1, 0.15) is 6.10 Å². The maximum absolute atomic E-state index is 11.7. The van der Waals surface area contributed by atoms with Gasteiger partial charge in [0.15, 0.2) is 0 Å². The quantitative estimate of drug-likeness (QED) is 0.787. The molecule has 1 atom stereocenters. The Balaban J connectivity index is 2.56. The fourth-order valence-electron chi connectivity index (χ4n) is 0.710. The third kappa shape index (κ3) is 2.78. The Morgan fingerprint density at radius 3 is 2.67 bits per heavy atom. The smallest absolute Gasteiger partial charge is 0.386 e. The first-order valence-corrected chi connectivity index (χ1v) is 4.06. The lowest BCUT2D eigenvalue weighted by Gasteiger charge is -2.10. The van der Waals surface area contributed by atoms with Crippen LogP contribution in [-0.2, 0) is 0 Å². The predicted octanol–water partition coefficient (Wildman–Crippen LogP) is 2.13. The van der Waals surface area contributed by atoms with Gasteiger partial charge in [0.2, 0.25) is 0 Å². The van der Waals surface area contributed by atoms with Crippen molar-refractivity contribution >= 4 is 11.3 Å². The van der Waals surface area contributed by atoms with Crippen molar-refractivity contribution in [1.82, 2.24) is 4.98 Å². The lowest BCUT2D eigenvalue weighted by molar-refractivity contribution is -0.154. The van der Waals surface area contributed by atoms with E-state index in [1.165, 1.54) is 10.9 Å². The number of thiazole rings is 1. The van der Waals surface area contributed by atoms with Crippen LogP contribution >= 0.6 is 11.3 Å². The number of rotatable bonds is 2. The molecule has 1 N–H and O–H groups in total. The third-order valence-corrected chi connectivity index (χ3v) is 1.82. The highest BCUT2D eigenvalue weighted by atomic mass is 32.1. The molecule has 0 bridgehead atoms. The number of aliphatic hydroxyl groups is 1. The van der Waals surface area contributed by atoms with Crippen molar-refractivity contribution in [3.05, 3.63) is 16.6 Å². The normalized spacial score (nSPS) is 14.7. The first-order chi connectivity index (χ1) is 5.49. The fourth-order valence-corrected chi connectivity index (χ4v) is 1.31. The molecular formula is C6H6F3NOS. The molecule has 0 aliphatic rings. The minimum Gasteiger partial charge on any atom is -0.386 e. The van der Waals surface area contributed by atoms with Crippen LogP contribution in [0.25, 0.3) is 0 Å². The Morgan fingerprint density at radius 2 is 2.25 bits per heavy atom. The van der Waals surface area contributed by atoms with Crippen molar-refractivity contribution in [2.75, 3.05) is 0 Å². The highest BCUT2D eigenvalue weighted by Crippen LogP contribution is 2.28. The van der Waals surface area contributed by atoms with E-state index >= 15 is 0 Å². The molecule has 0 radical (unpaired) electrons. The monoisotopic (exact) mass is 197 g/mol. The Hall–Kier alpha value is -0.620. The van der Waals surface area contributed by atoms with E-state index in [0.717, 1.165) is 11.3 Å². The Kier molecular flexibility index (Phi) is 2.69. The summed E-state index contributed by atoms with van der Waals surface area (Å²) in [7, 11) is 0. The van der Waals surface area contributed by atoms with Gasteiger partial charge in [-0.2, -0.15) is 13.2 Å². The van der Waals surface area contributed by atoms with Gasteiger partial charge in [0.05, 0.1) is 17.6 Å². The molecule has 0 aliphatic carbocycles. The zero-order chi connectivity index (χ0) is 9.19. The fraction of sp³-hybridized carbons (Fsp3) is 0.500. The Bertz CT molecular complexity index is 233. The van der Waals surface area contributed by atoms with Gasteiger partial charge >= 0.3 is 6.18 Å². The first kappa shape index (κ1) is 9.47. The van der Waals surface area contributed by atoms with Crippen molar-refractivity contribution in [2.24, 2.45) is 0 Å².